The zero-order valence-corrected chi connectivity index (χ0v) is 20.0. The van der Waals surface area contributed by atoms with Crippen LogP contribution in [0.1, 0.15) is 29.1 Å². The summed E-state index contributed by atoms with van der Waals surface area (Å²) in [6.07, 6.45) is 1.46. The molecule has 0 aliphatic carbocycles. The zero-order chi connectivity index (χ0) is 23.1. The highest BCUT2D eigenvalue weighted by Gasteiger charge is 2.30. The summed E-state index contributed by atoms with van der Waals surface area (Å²) in [6, 6.07) is 8.79. The predicted octanol–water partition coefficient (Wildman–Crippen LogP) is 4.46. The number of H-pyrrole nitrogens is 1. The van der Waals surface area contributed by atoms with Gasteiger partial charge in [0.15, 0.2) is 0 Å². The number of nitrogens with two attached hydrogens (primary N) is 1. The molecule has 0 saturated carbocycles. The van der Waals surface area contributed by atoms with Crippen LogP contribution < -0.4 is 11.1 Å². The van der Waals surface area contributed by atoms with E-state index in [1.54, 1.807) is 28.8 Å². The predicted molar refractivity (Wildman–Crippen MR) is 134 cm³/mol. The molecule has 170 valence electrons. The summed E-state index contributed by atoms with van der Waals surface area (Å²) in [5, 5.41) is 5.05. The van der Waals surface area contributed by atoms with Gasteiger partial charge in [0, 0.05) is 29.3 Å². The summed E-state index contributed by atoms with van der Waals surface area (Å²) < 4.78 is 0. The molecule has 2 atom stereocenters. The minimum Gasteiger partial charge on any atom is -0.360 e. The molecule has 0 bridgehead atoms. The van der Waals surface area contributed by atoms with Crippen molar-refractivity contribution in [3.05, 3.63) is 58.1 Å². The molecule has 1 saturated heterocycles. The molecule has 11 heteroatoms. The second kappa shape index (κ2) is 8.98. The molecule has 1 unspecified atom stereocenters. The molecule has 1 fully saturated rings. The summed E-state index contributed by atoms with van der Waals surface area (Å²) >= 11 is 14.3. The first-order valence-corrected chi connectivity index (χ1v) is 12.2. The Balaban J connectivity index is 1.45. The van der Waals surface area contributed by atoms with E-state index in [9.17, 15) is 4.79 Å². The molecule has 4 aromatic rings. The molecule has 2 aromatic carbocycles. The van der Waals surface area contributed by atoms with Crippen molar-refractivity contribution in [3.63, 3.8) is 0 Å². The number of carbonyl (C=O) groups is 1. The van der Waals surface area contributed by atoms with Crippen molar-refractivity contribution in [1.29, 1.82) is 0 Å². The molecule has 0 radical (unpaired) electrons. The van der Waals surface area contributed by atoms with Gasteiger partial charge in [-0.1, -0.05) is 23.2 Å². The lowest BCUT2D eigenvalue weighted by Gasteiger charge is -2.23. The van der Waals surface area contributed by atoms with Crippen LogP contribution in [0.25, 0.3) is 21.9 Å². The maximum atomic E-state index is 13.1. The highest BCUT2D eigenvalue weighted by atomic mass is 35.5. The zero-order valence-electron chi connectivity index (χ0n) is 17.7. The summed E-state index contributed by atoms with van der Waals surface area (Å²) in [5.41, 5.74) is 8.56. The van der Waals surface area contributed by atoms with Crippen LogP contribution in [-0.4, -0.2) is 55.0 Å². The van der Waals surface area contributed by atoms with Crippen LogP contribution in [0.5, 0.6) is 0 Å². The number of aromatic nitrogens is 4. The Hall–Kier alpha value is -2.59. The average Bonchev–Trinajstić information content (AvgIpc) is 3.45. The van der Waals surface area contributed by atoms with Gasteiger partial charge in [0.25, 0.3) is 5.91 Å². The van der Waals surface area contributed by atoms with Crippen LogP contribution in [0.4, 0.5) is 5.82 Å². The average molecular weight is 502 g/mol. The van der Waals surface area contributed by atoms with Gasteiger partial charge in [-0.15, -0.1) is 11.8 Å². The first-order valence-electron chi connectivity index (χ1n) is 10.4. The Bertz CT molecular complexity index is 1360. The fourth-order valence-corrected chi connectivity index (χ4v) is 5.45. The van der Waals surface area contributed by atoms with E-state index in [1.165, 1.54) is 6.33 Å². The van der Waals surface area contributed by atoms with Crippen molar-refractivity contribution in [2.24, 2.45) is 5.73 Å². The number of nitrogens with one attached hydrogen (secondary N) is 2. The second-order valence-electron chi connectivity index (χ2n) is 7.78. The third-order valence-corrected chi connectivity index (χ3v) is 7.43. The van der Waals surface area contributed by atoms with E-state index >= 15 is 0 Å². The number of imidazole rings is 1. The van der Waals surface area contributed by atoms with Gasteiger partial charge in [-0.25, -0.2) is 15.0 Å². The number of anilines is 1. The molecular weight excluding hydrogens is 481 g/mol. The molecule has 8 nitrogen and oxygen atoms in total. The molecule has 5 rings (SSSR count). The minimum atomic E-state index is -0.179. The monoisotopic (exact) mass is 501 g/mol. The smallest absolute Gasteiger partial charge is 0.256 e. The normalized spacial score (nSPS) is 17.1. The van der Waals surface area contributed by atoms with Gasteiger partial charge in [-0.05, 0) is 37.3 Å². The van der Waals surface area contributed by atoms with Crippen LogP contribution in [0, 0.1) is 0 Å². The Morgan fingerprint density at radius 2 is 2.15 bits per heavy atom. The molecule has 33 heavy (non-hydrogen) atoms. The highest BCUT2D eigenvalue weighted by Crippen LogP contribution is 2.32. The number of benzene rings is 2. The van der Waals surface area contributed by atoms with Gasteiger partial charge in [-0.3, -0.25) is 4.79 Å². The Morgan fingerprint density at radius 1 is 1.30 bits per heavy atom. The molecule has 4 N–H and O–H groups in total. The number of amides is 1. The lowest BCUT2D eigenvalue weighted by molar-refractivity contribution is 0.0764. The van der Waals surface area contributed by atoms with Gasteiger partial charge in [-0.2, -0.15) is 0 Å². The van der Waals surface area contributed by atoms with E-state index in [0.717, 1.165) is 28.0 Å². The molecule has 1 amide bonds. The van der Waals surface area contributed by atoms with Gasteiger partial charge in [0.05, 0.1) is 38.6 Å². The lowest BCUT2D eigenvalue weighted by atomic mass is 10.1. The summed E-state index contributed by atoms with van der Waals surface area (Å²) in [7, 11) is 0. The number of halogens is 2. The second-order valence-corrected chi connectivity index (χ2v) is 9.91. The number of aromatic amines is 1. The van der Waals surface area contributed by atoms with Crippen molar-refractivity contribution in [3.8, 4) is 0 Å². The van der Waals surface area contributed by atoms with Crippen molar-refractivity contribution < 1.29 is 4.79 Å². The Kier molecular flexibility index (Phi) is 6.05. The molecule has 1 aliphatic rings. The number of hydrogen-bond donors (Lipinski definition) is 3. The lowest BCUT2D eigenvalue weighted by Crippen LogP contribution is -2.39. The first-order chi connectivity index (χ1) is 15.9. The number of nitrogens with zero attached hydrogens (tertiary/aromatic N) is 4. The van der Waals surface area contributed by atoms with Gasteiger partial charge in [0.2, 0.25) is 0 Å². The van der Waals surface area contributed by atoms with Crippen LogP contribution in [0.15, 0.2) is 36.7 Å². The highest BCUT2D eigenvalue weighted by molar-refractivity contribution is 8.00. The number of fused-ring (bicyclic) bond motifs is 2. The third-order valence-electron chi connectivity index (χ3n) is 5.63. The third kappa shape index (κ3) is 4.21. The van der Waals surface area contributed by atoms with E-state index in [-0.39, 0.29) is 17.3 Å². The summed E-state index contributed by atoms with van der Waals surface area (Å²) in [4.78, 5) is 31.6. The summed E-state index contributed by atoms with van der Waals surface area (Å²) in [6.45, 7) is 3.03. The van der Waals surface area contributed by atoms with Crippen LogP contribution in [0.3, 0.4) is 0 Å². The Morgan fingerprint density at radius 3 is 2.97 bits per heavy atom. The van der Waals surface area contributed by atoms with Crippen LogP contribution in [-0.2, 0) is 0 Å². The number of hydrogen-bond acceptors (Lipinski definition) is 7. The standard InChI is InChI=1S/C22H21Cl2N7OS/c1-11(20-29-16-3-2-12(23)6-18(16)30-20)28-21-14-7-15(24)13(8-17(14)26-10-27-21)22(32)31-4-5-33-19(31)9-25/h2-3,6-8,10-11,19H,4-5,9,25H2,1H3,(H,29,30)(H,26,27,28)/t11-,19?/m0/s1. The van der Waals surface area contributed by atoms with E-state index in [0.29, 0.717) is 40.0 Å². The van der Waals surface area contributed by atoms with Gasteiger partial charge >= 0.3 is 0 Å². The number of carbonyl (C=O) groups excluding carboxylic acids is 1. The van der Waals surface area contributed by atoms with Crippen molar-refractivity contribution in [2.45, 2.75) is 18.3 Å². The molecule has 0 spiro atoms. The van der Waals surface area contributed by atoms with Crippen LogP contribution >= 0.6 is 35.0 Å². The fraction of sp³-hybridized carbons (Fsp3) is 0.273. The van der Waals surface area contributed by atoms with Crippen molar-refractivity contribution in [1.82, 2.24) is 24.8 Å². The summed E-state index contributed by atoms with van der Waals surface area (Å²) in [5.74, 6) is 2.07. The topological polar surface area (TPSA) is 113 Å². The first kappa shape index (κ1) is 22.2. The fourth-order valence-electron chi connectivity index (χ4n) is 3.94. The molecule has 1 aliphatic heterocycles. The SMILES string of the molecule is C[C@H](Nc1ncnc2cc(C(=O)N3CCSC3CN)c(Cl)cc12)c1nc2ccc(Cl)cc2[nH]1. The van der Waals surface area contributed by atoms with E-state index in [4.69, 9.17) is 28.9 Å². The van der Waals surface area contributed by atoms with Crippen LogP contribution in [0.2, 0.25) is 10.0 Å². The maximum absolute atomic E-state index is 13.1. The number of thioether (sulfide) groups is 1. The van der Waals surface area contributed by atoms with E-state index in [2.05, 4.69) is 25.3 Å². The van der Waals surface area contributed by atoms with Crippen molar-refractivity contribution in [2.75, 3.05) is 24.2 Å². The van der Waals surface area contributed by atoms with Gasteiger partial charge in [0.1, 0.15) is 18.0 Å². The minimum absolute atomic E-state index is 0.0357. The Labute approximate surface area is 204 Å². The molecule has 3 heterocycles. The molecular formula is C22H21Cl2N7OS. The van der Waals surface area contributed by atoms with E-state index in [1.807, 2.05) is 25.1 Å². The number of rotatable bonds is 5. The van der Waals surface area contributed by atoms with Gasteiger partial charge < -0.3 is 20.9 Å². The largest absolute Gasteiger partial charge is 0.360 e. The maximum Gasteiger partial charge on any atom is 0.256 e. The molecule has 2 aromatic heterocycles. The van der Waals surface area contributed by atoms with E-state index < -0.39 is 0 Å². The van der Waals surface area contributed by atoms with Crippen molar-refractivity contribution >= 4 is 68.6 Å². The quantitative estimate of drug-likeness (QED) is 0.369.